The van der Waals surface area contributed by atoms with E-state index in [0.717, 1.165) is 26.1 Å². The zero-order valence-corrected chi connectivity index (χ0v) is 18.7. The molecule has 4 rings (SSSR count). The predicted molar refractivity (Wildman–Crippen MR) is 127 cm³/mol. The van der Waals surface area contributed by atoms with Crippen molar-refractivity contribution in [2.24, 2.45) is 0 Å². The lowest BCUT2D eigenvalue weighted by atomic mass is 9.74. The Kier molecular flexibility index (Phi) is 7.14. The summed E-state index contributed by atoms with van der Waals surface area (Å²) in [6.45, 7) is 2.15. The number of para-hydroxylation sites is 1. The van der Waals surface area contributed by atoms with E-state index in [-0.39, 0.29) is 5.41 Å². The van der Waals surface area contributed by atoms with E-state index in [9.17, 15) is 0 Å². The van der Waals surface area contributed by atoms with Crippen LogP contribution in [0.2, 0.25) is 0 Å². The summed E-state index contributed by atoms with van der Waals surface area (Å²) < 4.78 is 16.7. The molecule has 0 radical (unpaired) electrons. The van der Waals surface area contributed by atoms with Crippen LogP contribution in [0.1, 0.15) is 18.4 Å². The van der Waals surface area contributed by atoms with Gasteiger partial charge >= 0.3 is 0 Å². The molecule has 1 fully saturated rings. The van der Waals surface area contributed by atoms with Gasteiger partial charge in [0.25, 0.3) is 0 Å². The van der Waals surface area contributed by atoms with E-state index in [1.54, 1.807) is 13.2 Å². The molecule has 2 N–H and O–H groups in total. The van der Waals surface area contributed by atoms with E-state index >= 15 is 0 Å². The summed E-state index contributed by atoms with van der Waals surface area (Å²) in [7, 11) is 1.55. The van der Waals surface area contributed by atoms with E-state index in [2.05, 4.69) is 44.9 Å². The Labute approximate surface area is 193 Å². The van der Waals surface area contributed by atoms with Gasteiger partial charge in [0.05, 0.1) is 13.2 Å². The minimum atomic E-state index is -0.0396. The van der Waals surface area contributed by atoms with E-state index in [1.807, 2.05) is 36.4 Å². The van der Waals surface area contributed by atoms with Crippen molar-refractivity contribution in [2.75, 3.05) is 32.2 Å². The van der Waals surface area contributed by atoms with Crippen LogP contribution in [-0.2, 0) is 10.2 Å². The molecule has 1 aromatic heterocycles. The third kappa shape index (κ3) is 5.52. The van der Waals surface area contributed by atoms with Crippen LogP contribution in [0, 0.1) is 0 Å². The average Bonchev–Trinajstić information content (AvgIpc) is 2.84. The number of rotatable bonds is 7. The zero-order chi connectivity index (χ0) is 22.2. The molecule has 8 heteroatoms. The van der Waals surface area contributed by atoms with Crippen LogP contribution in [0.4, 0.5) is 5.95 Å². The van der Waals surface area contributed by atoms with Crippen LogP contribution in [0.15, 0.2) is 66.7 Å². The first kappa shape index (κ1) is 22.0. The Bertz CT molecular complexity index is 1030. The number of methoxy groups -OCH3 is 1. The van der Waals surface area contributed by atoms with Crippen LogP contribution < -0.4 is 20.1 Å². The molecule has 166 valence electrons. The first-order chi connectivity index (χ1) is 15.7. The maximum absolute atomic E-state index is 5.82. The Morgan fingerprint density at radius 2 is 1.66 bits per heavy atom. The van der Waals surface area contributed by atoms with Gasteiger partial charge in [-0.15, -0.1) is 0 Å². The number of nitrogens with one attached hydrogen (secondary N) is 2. The summed E-state index contributed by atoms with van der Waals surface area (Å²) in [6.07, 6.45) is 1.86. The molecular weight excluding hydrogens is 424 g/mol. The number of hydrogen-bond acceptors (Lipinski definition) is 6. The zero-order valence-electron chi connectivity index (χ0n) is 17.9. The largest absolute Gasteiger partial charge is 0.481 e. The van der Waals surface area contributed by atoms with Crippen molar-refractivity contribution in [1.82, 2.24) is 15.3 Å². The monoisotopic (exact) mass is 450 g/mol. The Morgan fingerprint density at radius 1 is 1.00 bits per heavy atom. The van der Waals surface area contributed by atoms with Crippen LogP contribution >= 0.6 is 12.2 Å². The molecular formula is C24H26N4O3S. The van der Waals surface area contributed by atoms with Gasteiger partial charge in [-0.05, 0) is 42.8 Å². The van der Waals surface area contributed by atoms with E-state index < -0.39 is 0 Å². The lowest BCUT2D eigenvalue weighted by molar-refractivity contribution is 0.0515. The van der Waals surface area contributed by atoms with Crippen LogP contribution in [0.3, 0.4) is 0 Å². The average molecular weight is 451 g/mol. The molecule has 2 aromatic carbocycles. The lowest BCUT2D eigenvalue weighted by Gasteiger charge is -2.38. The van der Waals surface area contributed by atoms with Crippen molar-refractivity contribution >= 4 is 23.3 Å². The van der Waals surface area contributed by atoms with E-state index in [4.69, 9.17) is 26.4 Å². The molecule has 0 aliphatic carbocycles. The number of anilines is 1. The van der Waals surface area contributed by atoms with Gasteiger partial charge in [0.15, 0.2) is 5.11 Å². The fraction of sp³-hybridized carbons (Fsp3) is 0.292. The quantitative estimate of drug-likeness (QED) is 0.516. The van der Waals surface area contributed by atoms with E-state index in [1.165, 1.54) is 5.56 Å². The first-order valence-corrected chi connectivity index (χ1v) is 10.9. The highest BCUT2D eigenvalue weighted by molar-refractivity contribution is 7.80. The standard InChI is InChI=1S/C24H26N4O3S/c1-29-20-16-21(31-19-10-6-3-7-11-19)27-22(26-20)28-23(32)25-17-24(12-14-30-15-13-24)18-8-4-2-5-9-18/h2-11,16H,12-15,17H2,1H3,(H2,25,26,27,28,32). The second kappa shape index (κ2) is 10.4. The summed E-state index contributed by atoms with van der Waals surface area (Å²) in [6, 6.07) is 21.6. The molecule has 1 aliphatic rings. The summed E-state index contributed by atoms with van der Waals surface area (Å²) in [4.78, 5) is 8.75. The Hall–Kier alpha value is -3.23. The van der Waals surface area contributed by atoms with Crippen molar-refractivity contribution in [3.63, 3.8) is 0 Å². The highest BCUT2D eigenvalue weighted by Crippen LogP contribution is 2.34. The van der Waals surface area contributed by atoms with Gasteiger partial charge in [0, 0.05) is 25.2 Å². The minimum absolute atomic E-state index is 0.0396. The molecule has 0 spiro atoms. The normalized spacial score (nSPS) is 14.9. The van der Waals surface area contributed by atoms with Gasteiger partial charge in [0.1, 0.15) is 5.75 Å². The highest BCUT2D eigenvalue weighted by Gasteiger charge is 2.34. The molecule has 0 bridgehead atoms. The van der Waals surface area contributed by atoms with Gasteiger partial charge in [-0.2, -0.15) is 9.97 Å². The third-order valence-corrected chi connectivity index (χ3v) is 5.75. The van der Waals surface area contributed by atoms with Crippen molar-refractivity contribution in [3.8, 4) is 17.5 Å². The van der Waals surface area contributed by atoms with Crippen LogP contribution in [-0.4, -0.2) is 41.9 Å². The number of thiocarbonyl (C=S) groups is 1. The third-order valence-electron chi connectivity index (χ3n) is 5.50. The van der Waals surface area contributed by atoms with Crippen LogP contribution in [0.5, 0.6) is 17.5 Å². The highest BCUT2D eigenvalue weighted by atomic mass is 32.1. The fourth-order valence-electron chi connectivity index (χ4n) is 3.74. The number of ether oxygens (including phenoxy) is 3. The first-order valence-electron chi connectivity index (χ1n) is 10.5. The molecule has 1 saturated heterocycles. The maximum atomic E-state index is 5.82. The molecule has 32 heavy (non-hydrogen) atoms. The molecule has 2 heterocycles. The number of hydrogen-bond donors (Lipinski definition) is 2. The molecule has 7 nitrogen and oxygen atoms in total. The fourth-order valence-corrected chi connectivity index (χ4v) is 3.91. The van der Waals surface area contributed by atoms with Crippen molar-refractivity contribution in [3.05, 3.63) is 72.3 Å². The van der Waals surface area contributed by atoms with Crippen molar-refractivity contribution in [2.45, 2.75) is 18.3 Å². The number of nitrogens with zero attached hydrogens (tertiary/aromatic N) is 2. The number of benzene rings is 2. The maximum Gasteiger partial charge on any atom is 0.235 e. The second-order valence-corrected chi connectivity index (χ2v) is 7.96. The minimum Gasteiger partial charge on any atom is -0.481 e. The molecule has 0 atom stereocenters. The van der Waals surface area contributed by atoms with Gasteiger partial charge in [-0.3, -0.25) is 0 Å². The predicted octanol–water partition coefficient (Wildman–Crippen LogP) is 4.31. The second-order valence-electron chi connectivity index (χ2n) is 7.55. The summed E-state index contributed by atoms with van der Waals surface area (Å²) >= 11 is 5.54. The molecule has 0 amide bonds. The summed E-state index contributed by atoms with van der Waals surface area (Å²) in [5.74, 6) is 1.71. The van der Waals surface area contributed by atoms with Gasteiger partial charge < -0.3 is 24.8 Å². The Balaban J connectivity index is 1.44. The molecule has 3 aromatic rings. The van der Waals surface area contributed by atoms with Crippen LogP contribution in [0.25, 0.3) is 0 Å². The smallest absolute Gasteiger partial charge is 0.235 e. The lowest BCUT2D eigenvalue weighted by Crippen LogP contribution is -2.45. The van der Waals surface area contributed by atoms with E-state index in [0.29, 0.717) is 35.1 Å². The van der Waals surface area contributed by atoms with Gasteiger partial charge in [-0.1, -0.05) is 48.5 Å². The summed E-state index contributed by atoms with van der Waals surface area (Å²) in [5, 5.41) is 6.84. The molecule has 1 aliphatic heterocycles. The summed E-state index contributed by atoms with van der Waals surface area (Å²) in [5.41, 5.74) is 1.25. The molecule has 0 saturated carbocycles. The van der Waals surface area contributed by atoms with Gasteiger partial charge in [0.2, 0.25) is 17.7 Å². The Morgan fingerprint density at radius 3 is 2.34 bits per heavy atom. The number of aromatic nitrogens is 2. The topological polar surface area (TPSA) is 77.5 Å². The molecule has 0 unspecified atom stereocenters. The van der Waals surface area contributed by atoms with Crippen molar-refractivity contribution in [1.29, 1.82) is 0 Å². The SMILES string of the molecule is COc1cc(Oc2ccccc2)nc(NC(=S)NCC2(c3ccccc3)CCOCC2)n1. The van der Waals surface area contributed by atoms with Crippen molar-refractivity contribution < 1.29 is 14.2 Å². The van der Waals surface area contributed by atoms with Gasteiger partial charge in [-0.25, -0.2) is 0 Å².